The van der Waals surface area contributed by atoms with E-state index in [1.807, 2.05) is 13.8 Å². The Kier molecular flexibility index (Phi) is 27.1. The number of hydrogen-bond acceptors (Lipinski definition) is 11. The van der Waals surface area contributed by atoms with Crippen LogP contribution in [0.15, 0.2) is 42.5 Å². The van der Waals surface area contributed by atoms with Crippen LogP contribution in [0.4, 0.5) is 35.1 Å². The Balaban J connectivity index is 1.62. The van der Waals surface area contributed by atoms with Crippen LogP contribution in [0.3, 0.4) is 0 Å². The molecule has 3 N–H and O–H groups in total. The molecule has 22 nitrogen and oxygen atoms in total. The Bertz CT molecular complexity index is 3230. The van der Waals surface area contributed by atoms with Gasteiger partial charge in [-0.2, -0.15) is 26.3 Å². The quantitative estimate of drug-likeness (QED) is 0.219. The van der Waals surface area contributed by atoms with Gasteiger partial charge in [-0.1, -0.05) is 84.2 Å². The summed E-state index contributed by atoms with van der Waals surface area (Å²) in [6.07, 6.45) is -11.6. The molecule has 1 saturated carbocycles. The van der Waals surface area contributed by atoms with Gasteiger partial charge in [-0.05, 0) is 98.6 Å². The van der Waals surface area contributed by atoms with Gasteiger partial charge in [-0.15, -0.1) is 0 Å². The van der Waals surface area contributed by atoms with Crippen LogP contribution in [0.25, 0.3) is 0 Å². The summed E-state index contributed by atoms with van der Waals surface area (Å²) in [7, 11) is 8.93. The predicted molar refractivity (Wildman–Crippen MR) is 341 cm³/mol. The Morgan fingerprint density at radius 2 is 1.19 bits per heavy atom. The lowest BCUT2D eigenvalue weighted by Crippen LogP contribution is -2.68. The van der Waals surface area contributed by atoms with E-state index in [2.05, 4.69) is 16.0 Å². The fourth-order valence-electron chi connectivity index (χ4n) is 12.1. The van der Waals surface area contributed by atoms with Gasteiger partial charge in [0.2, 0.25) is 65.0 Å². The number of nitrogens with one attached hydrogen (secondary N) is 3. The van der Waals surface area contributed by atoms with Gasteiger partial charge in [0.15, 0.2) is 0 Å². The summed E-state index contributed by atoms with van der Waals surface area (Å²) in [5.41, 5.74) is -3.89. The number of likely N-dealkylation sites (N-methyl/N-ethyl adjacent to an activating group) is 7. The standard InChI is InChI=1S/C66H92ClF8N11O11/c1-15-38(5)54-60(95)81(10)34-52(89)79(8)35-53(90)84(13)48(31-42-18-22-43(23-19-42)65(70,71)72)59(94)80(9)33-50(87)76-46(25-21-41-20-24-44(45(67)30-41)66(73,74)75)58(93)86-36-64(68,69)32-49(86)57(92)78-63(26-17-27-63)62(97)85(14)55(39(6)16-2)61(96)82(11)40(7)29-51(88)83(12)47(28-37(3)4)56(91)77-54/h18-20,22-24,30,37-40,46-49,54-55H,15-17,21,25-29,31-36H2,1-14H3,(H,76,87)(H,77,91)(H,78,92)/t38-,39-,40+,46-,47-,48-,49?,54-,55-/m0/s1. The lowest BCUT2D eigenvalue weighted by Gasteiger charge is -2.46. The first-order valence-corrected chi connectivity index (χ1v) is 32.7. The van der Waals surface area contributed by atoms with Crippen molar-refractivity contribution in [2.45, 2.75) is 185 Å². The van der Waals surface area contributed by atoms with E-state index in [4.69, 9.17) is 11.6 Å². The molecule has 3 aliphatic rings. The van der Waals surface area contributed by atoms with Crippen LogP contribution < -0.4 is 16.0 Å². The number of amides is 11. The molecule has 1 unspecified atom stereocenters. The van der Waals surface area contributed by atoms with Crippen molar-refractivity contribution >= 4 is 76.6 Å². The van der Waals surface area contributed by atoms with Crippen LogP contribution in [0.5, 0.6) is 0 Å². The van der Waals surface area contributed by atoms with E-state index in [0.717, 1.165) is 75.0 Å². The monoisotopic (exact) mass is 1400 g/mol. The van der Waals surface area contributed by atoms with Gasteiger partial charge in [-0.25, -0.2) is 8.78 Å². The van der Waals surface area contributed by atoms with E-state index in [1.54, 1.807) is 34.6 Å². The summed E-state index contributed by atoms with van der Waals surface area (Å²) < 4.78 is 114. The summed E-state index contributed by atoms with van der Waals surface area (Å²) in [4.78, 5) is 168. The number of hydrogen-bond donors (Lipinski definition) is 3. The van der Waals surface area contributed by atoms with Gasteiger partial charge in [0.25, 0.3) is 5.92 Å². The van der Waals surface area contributed by atoms with E-state index in [-0.39, 0.29) is 49.1 Å². The van der Waals surface area contributed by atoms with Crippen molar-refractivity contribution in [3.05, 3.63) is 69.7 Å². The molecule has 2 aliphatic heterocycles. The van der Waals surface area contributed by atoms with Gasteiger partial charge in [-0.3, -0.25) is 52.7 Å². The first-order chi connectivity index (χ1) is 44.9. The third-order valence-corrected chi connectivity index (χ3v) is 19.3. The lowest BCUT2D eigenvalue weighted by atomic mass is 9.74. The van der Waals surface area contributed by atoms with Crippen LogP contribution in [0.2, 0.25) is 5.02 Å². The summed E-state index contributed by atoms with van der Waals surface area (Å²) in [6.45, 7) is 8.38. The molecule has 540 valence electrons. The third kappa shape index (κ3) is 20.0. The normalized spacial score (nSPS) is 25.1. The van der Waals surface area contributed by atoms with Crippen LogP contribution in [-0.2, 0) is 77.9 Å². The van der Waals surface area contributed by atoms with Crippen molar-refractivity contribution in [3.8, 4) is 0 Å². The van der Waals surface area contributed by atoms with E-state index in [1.165, 1.54) is 45.0 Å². The molecule has 2 aromatic rings. The van der Waals surface area contributed by atoms with Gasteiger partial charge >= 0.3 is 12.4 Å². The Labute approximate surface area is 565 Å². The lowest BCUT2D eigenvalue weighted by molar-refractivity contribution is -0.155. The summed E-state index contributed by atoms with van der Waals surface area (Å²) in [6, 6.07) is -3.87. The maximum atomic E-state index is 15.9. The number of fused-ring (bicyclic) bond motifs is 1. The molecule has 2 aromatic carbocycles. The Morgan fingerprint density at radius 1 is 0.619 bits per heavy atom. The number of carbonyl (C=O) groups is 11. The minimum absolute atomic E-state index is 0.0337. The zero-order chi connectivity index (χ0) is 73.3. The summed E-state index contributed by atoms with van der Waals surface area (Å²) in [5.74, 6) is -14.9. The molecule has 0 bridgehead atoms. The first-order valence-electron chi connectivity index (χ1n) is 32.3. The maximum Gasteiger partial charge on any atom is 0.417 e. The largest absolute Gasteiger partial charge is 0.417 e. The highest BCUT2D eigenvalue weighted by atomic mass is 35.5. The molecule has 31 heteroatoms. The minimum atomic E-state index is -4.88. The Hall–Kier alpha value is -7.66. The molecule has 1 spiro atoms. The number of alkyl halides is 8. The van der Waals surface area contributed by atoms with Crippen LogP contribution in [-0.4, -0.2) is 233 Å². The molecule has 0 aromatic heterocycles. The SMILES string of the molecule is CC[C@H](C)[C@@H]1NC(=O)[C@H](CC(C)C)N(C)C(=O)C[C@@H](C)N(C)C(=O)[C@H]([C@@H](C)CC)N(C)C(=O)C2(CCC2)NC(=O)C2CC(F)(F)CN2C(=O)[C@H](CCc2ccc(C(F)(F)F)c(Cl)c2)NC(=O)CN(C)C(=O)[C@H](Cc2ccc(C(F)(F)F)cc2)N(C)C(=O)CN(C)C(=O)CN(C)C1=O. The number of aryl methyl sites for hydroxylation is 1. The number of carbonyl (C=O) groups excluding carboxylic acids is 11. The van der Waals surface area contributed by atoms with E-state index < -0.39 is 205 Å². The number of rotatable bonds is 11. The summed E-state index contributed by atoms with van der Waals surface area (Å²) in [5, 5.41) is 7.11. The zero-order valence-electron chi connectivity index (χ0n) is 57.4. The molecule has 5 rings (SSSR count). The molecule has 9 atom stereocenters. The maximum absolute atomic E-state index is 15.9. The first kappa shape index (κ1) is 80.0. The van der Waals surface area contributed by atoms with Gasteiger partial charge in [0.05, 0.1) is 42.3 Å². The average Bonchev–Trinajstić information content (AvgIpc) is 1.72. The molecular weight excluding hydrogens is 1310 g/mol. The molecule has 0 radical (unpaired) electrons. The molecule has 2 saturated heterocycles. The fraction of sp³-hybridized carbons (Fsp3) is 0.652. The van der Waals surface area contributed by atoms with E-state index in [9.17, 15) is 79.1 Å². The van der Waals surface area contributed by atoms with Crippen LogP contribution in [0.1, 0.15) is 129 Å². The fourth-order valence-corrected chi connectivity index (χ4v) is 12.4. The Morgan fingerprint density at radius 3 is 1.72 bits per heavy atom. The number of halogens is 9. The molecular formula is C66H92ClF8N11O11. The van der Waals surface area contributed by atoms with Gasteiger partial charge in [0.1, 0.15) is 41.8 Å². The second kappa shape index (κ2) is 32.8. The highest BCUT2D eigenvalue weighted by Crippen LogP contribution is 2.39. The third-order valence-electron chi connectivity index (χ3n) is 19.0. The van der Waals surface area contributed by atoms with Crippen LogP contribution in [0, 0.1) is 17.8 Å². The predicted octanol–water partition coefficient (Wildman–Crippen LogP) is 6.04. The van der Waals surface area contributed by atoms with Gasteiger partial charge < -0.3 is 55.1 Å². The topological polar surface area (TPSA) is 250 Å². The van der Waals surface area contributed by atoms with Crippen molar-refractivity contribution in [2.24, 2.45) is 17.8 Å². The van der Waals surface area contributed by atoms with Crippen molar-refractivity contribution in [3.63, 3.8) is 0 Å². The molecule has 11 amide bonds. The van der Waals surface area contributed by atoms with Gasteiger partial charge in [0, 0.05) is 74.6 Å². The molecule has 1 aliphatic carbocycles. The van der Waals surface area contributed by atoms with Crippen molar-refractivity contribution < 1.29 is 87.9 Å². The van der Waals surface area contributed by atoms with E-state index >= 15 is 8.78 Å². The minimum Gasteiger partial charge on any atom is -0.343 e. The number of nitrogens with zero attached hydrogens (tertiary/aromatic N) is 8. The molecule has 2 heterocycles. The van der Waals surface area contributed by atoms with Crippen LogP contribution >= 0.6 is 11.6 Å². The second-order valence-corrected chi connectivity index (χ2v) is 27.2. The average molecular weight is 1400 g/mol. The van der Waals surface area contributed by atoms with E-state index in [0.29, 0.717) is 30.2 Å². The number of benzene rings is 2. The highest BCUT2D eigenvalue weighted by Gasteiger charge is 2.56. The zero-order valence-corrected chi connectivity index (χ0v) is 58.1. The summed E-state index contributed by atoms with van der Waals surface area (Å²) >= 11 is 6.03. The molecule has 97 heavy (non-hydrogen) atoms. The van der Waals surface area contributed by atoms with Crippen molar-refractivity contribution in [1.82, 2.24) is 55.1 Å². The smallest absolute Gasteiger partial charge is 0.343 e. The molecule has 3 fully saturated rings. The van der Waals surface area contributed by atoms with Crippen molar-refractivity contribution in [1.29, 1.82) is 0 Å². The highest BCUT2D eigenvalue weighted by molar-refractivity contribution is 6.31. The van der Waals surface area contributed by atoms with Crippen molar-refractivity contribution in [2.75, 3.05) is 75.5 Å². The second-order valence-electron chi connectivity index (χ2n) is 26.8.